The van der Waals surface area contributed by atoms with Crippen molar-refractivity contribution in [2.45, 2.75) is 13.0 Å². The molecule has 0 aromatic heterocycles. The van der Waals surface area contributed by atoms with Crippen LogP contribution in [0.1, 0.15) is 5.56 Å². The molecule has 0 heterocycles. The molecule has 0 amide bonds. The summed E-state index contributed by atoms with van der Waals surface area (Å²) >= 11 is 0. The molecule has 0 radical (unpaired) electrons. The van der Waals surface area contributed by atoms with Crippen LogP contribution in [0.15, 0.2) is 12.1 Å². The predicted molar refractivity (Wildman–Crippen MR) is 54.4 cm³/mol. The van der Waals surface area contributed by atoms with Crippen molar-refractivity contribution in [2.24, 2.45) is 0 Å². The van der Waals surface area contributed by atoms with Crippen LogP contribution in [0, 0.1) is 12.7 Å². The van der Waals surface area contributed by atoms with E-state index in [1.807, 2.05) is 0 Å². The highest BCUT2D eigenvalue weighted by Gasteiger charge is 2.07. The molecule has 0 fully saturated rings. The lowest BCUT2D eigenvalue weighted by Gasteiger charge is -2.12. The maximum atomic E-state index is 12.9. The Balaban J connectivity index is 2.73. The minimum absolute atomic E-state index is 0.141. The smallest absolute Gasteiger partial charge is 0.165 e. The molecule has 0 aliphatic heterocycles. The molecule has 1 rings (SSSR count). The molecule has 0 bridgehead atoms. The molecule has 0 aliphatic carbocycles. The van der Waals surface area contributed by atoms with Crippen LogP contribution in [0.4, 0.5) is 10.1 Å². The fraction of sp³-hybridized carbons (Fsp3) is 0.400. The number of hydrogen-bond donors (Lipinski definition) is 4. The number of aryl methyl sites for hydroxylation is 1. The van der Waals surface area contributed by atoms with Crippen LogP contribution in [-0.2, 0) is 0 Å². The lowest BCUT2D eigenvalue weighted by molar-refractivity contribution is 0.105. The van der Waals surface area contributed by atoms with Crippen molar-refractivity contribution in [2.75, 3.05) is 18.5 Å². The first kappa shape index (κ1) is 11.7. The van der Waals surface area contributed by atoms with Gasteiger partial charge in [0, 0.05) is 18.3 Å². The van der Waals surface area contributed by atoms with Gasteiger partial charge in [-0.25, -0.2) is 4.39 Å². The van der Waals surface area contributed by atoms with Crippen LogP contribution < -0.4 is 5.32 Å². The Bertz CT molecular complexity index is 344. The highest BCUT2D eigenvalue weighted by molar-refractivity contribution is 5.54. The second-order valence-corrected chi connectivity index (χ2v) is 3.34. The number of halogens is 1. The third kappa shape index (κ3) is 3.07. The van der Waals surface area contributed by atoms with E-state index in [-0.39, 0.29) is 13.2 Å². The van der Waals surface area contributed by atoms with Crippen LogP contribution in [0.3, 0.4) is 0 Å². The Hall–Kier alpha value is -1.33. The first-order chi connectivity index (χ1) is 7.04. The molecule has 1 aromatic rings. The summed E-state index contributed by atoms with van der Waals surface area (Å²) in [6, 6.07) is 2.44. The summed E-state index contributed by atoms with van der Waals surface area (Å²) in [6.45, 7) is 1.47. The zero-order chi connectivity index (χ0) is 11.4. The maximum Gasteiger partial charge on any atom is 0.165 e. The molecule has 0 aliphatic rings. The van der Waals surface area contributed by atoms with Crippen LogP contribution in [0.5, 0.6) is 5.75 Å². The Morgan fingerprint density at radius 2 is 2.13 bits per heavy atom. The highest BCUT2D eigenvalue weighted by atomic mass is 19.1. The monoisotopic (exact) mass is 215 g/mol. The second-order valence-electron chi connectivity index (χ2n) is 3.34. The van der Waals surface area contributed by atoms with Crippen molar-refractivity contribution in [1.82, 2.24) is 0 Å². The number of hydrogen-bond acceptors (Lipinski definition) is 4. The molecule has 4 nitrogen and oxygen atoms in total. The van der Waals surface area contributed by atoms with Crippen molar-refractivity contribution in [1.29, 1.82) is 0 Å². The standard InChI is InChI=1S/C10H14FNO3/c1-6-2-8(11)10(15)3-9(6)12-4-7(14)5-13/h2-3,7,12-15H,4-5H2,1H3. The molecule has 0 spiro atoms. The third-order valence-corrected chi connectivity index (χ3v) is 2.03. The molecule has 84 valence electrons. The number of rotatable bonds is 4. The van der Waals surface area contributed by atoms with E-state index >= 15 is 0 Å². The fourth-order valence-corrected chi connectivity index (χ4v) is 1.14. The van der Waals surface area contributed by atoms with Gasteiger partial charge in [0.1, 0.15) is 0 Å². The number of aliphatic hydroxyl groups excluding tert-OH is 2. The van der Waals surface area contributed by atoms with Gasteiger partial charge >= 0.3 is 0 Å². The number of aliphatic hydroxyl groups is 2. The number of phenols is 1. The summed E-state index contributed by atoms with van der Waals surface area (Å²) in [5.74, 6) is -1.12. The average Bonchev–Trinajstić information content (AvgIpc) is 2.21. The third-order valence-electron chi connectivity index (χ3n) is 2.03. The number of nitrogens with one attached hydrogen (secondary N) is 1. The number of anilines is 1. The fourth-order valence-electron chi connectivity index (χ4n) is 1.14. The largest absolute Gasteiger partial charge is 0.505 e. The Kier molecular flexibility index (Phi) is 3.88. The normalized spacial score (nSPS) is 12.5. The van der Waals surface area contributed by atoms with Gasteiger partial charge in [-0.1, -0.05) is 0 Å². The molecule has 15 heavy (non-hydrogen) atoms. The quantitative estimate of drug-likeness (QED) is 0.593. The molecule has 1 atom stereocenters. The summed E-state index contributed by atoms with van der Waals surface area (Å²) in [5, 5.41) is 29.6. The van der Waals surface area contributed by atoms with Gasteiger partial charge in [-0.3, -0.25) is 0 Å². The second kappa shape index (κ2) is 4.95. The summed E-state index contributed by atoms with van der Waals surface area (Å²) in [5.41, 5.74) is 1.15. The van der Waals surface area contributed by atoms with Crippen LogP contribution in [-0.4, -0.2) is 34.6 Å². The van der Waals surface area contributed by atoms with E-state index < -0.39 is 17.7 Å². The van der Waals surface area contributed by atoms with Crippen molar-refractivity contribution in [3.63, 3.8) is 0 Å². The summed E-state index contributed by atoms with van der Waals surface area (Å²) < 4.78 is 12.9. The van der Waals surface area contributed by atoms with Crippen molar-refractivity contribution in [3.8, 4) is 5.75 Å². The molecule has 1 aromatic carbocycles. The van der Waals surface area contributed by atoms with E-state index in [9.17, 15) is 4.39 Å². The minimum Gasteiger partial charge on any atom is -0.505 e. The number of phenolic OH excluding ortho intramolecular Hbond substituents is 1. The van der Waals surface area contributed by atoms with Crippen LogP contribution >= 0.6 is 0 Å². The van der Waals surface area contributed by atoms with Gasteiger partial charge < -0.3 is 20.6 Å². The summed E-state index contributed by atoms with van der Waals surface area (Å²) in [7, 11) is 0. The lowest BCUT2D eigenvalue weighted by Crippen LogP contribution is -2.23. The number of benzene rings is 1. The maximum absolute atomic E-state index is 12.9. The van der Waals surface area contributed by atoms with Gasteiger partial charge in [0.25, 0.3) is 0 Å². The summed E-state index contributed by atoms with van der Waals surface area (Å²) in [4.78, 5) is 0. The van der Waals surface area contributed by atoms with Crippen LogP contribution in [0.25, 0.3) is 0 Å². The SMILES string of the molecule is Cc1cc(F)c(O)cc1NCC(O)CO. The van der Waals surface area contributed by atoms with E-state index in [0.29, 0.717) is 11.3 Å². The molecule has 0 saturated heterocycles. The van der Waals surface area contributed by atoms with E-state index in [4.69, 9.17) is 15.3 Å². The number of aromatic hydroxyl groups is 1. The molecule has 1 unspecified atom stereocenters. The van der Waals surface area contributed by atoms with Gasteiger partial charge in [0.05, 0.1) is 12.7 Å². The molecule has 5 heteroatoms. The Labute approximate surface area is 87.0 Å². The minimum atomic E-state index is -0.878. The van der Waals surface area contributed by atoms with Crippen molar-refractivity contribution in [3.05, 3.63) is 23.5 Å². The molecular formula is C10H14FNO3. The van der Waals surface area contributed by atoms with E-state index in [2.05, 4.69) is 5.32 Å². The van der Waals surface area contributed by atoms with E-state index in [1.54, 1.807) is 6.92 Å². The van der Waals surface area contributed by atoms with Crippen molar-refractivity contribution < 1.29 is 19.7 Å². The first-order valence-corrected chi connectivity index (χ1v) is 4.56. The van der Waals surface area contributed by atoms with E-state index in [0.717, 1.165) is 0 Å². The van der Waals surface area contributed by atoms with Gasteiger partial charge in [-0.05, 0) is 18.6 Å². The molecular weight excluding hydrogens is 201 g/mol. The lowest BCUT2D eigenvalue weighted by atomic mass is 10.2. The van der Waals surface area contributed by atoms with Gasteiger partial charge in [-0.2, -0.15) is 0 Å². The van der Waals surface area contributed by atoms with Gasteiger partial charge in [-0.15, -0.1) is 0 Å². The van der Waals surface area contributed by atoms with E-state index in [1.165, 1.54) is 12.1 Å². The predicted octanol–water partition coefficient (Wildman–Crippen LogP) is 0.605. The Morgan fingerprint density at radius 3 is 2.73 bits per heavy atom. The van der Waals surface area contributed by atoms with Gasteiger partial charge in [0.2, 0.25) is 0 Å². The zero-order valence-electron chi connectivity index (χ0n) is 8.37. The molecule has 0 saturated carbocycles. The van der Waals surface area contributed by atoms with Crippen LogP contribution in [0.2, 0.25) is 0 Å². The highest BCUT2D eigenvalue weighted by Crippen LogP contribution is 2.24. The first-order valence-electron chi connectivity index (χ1n) is 4.56. The zero-order valence-corrected chi connectivity index (χ0v) is 8.37. The Morgan fingerprint density at radius 1 is 1.47 bits per heavy atom. The van der Waals surface area contributed by atoms with Gasteiger partial charge in [0.15, 0.2) is 11.6 Å². The summed E-state index contributed by atoms with van der Waals surface area (Å²) in [6.07, 6.45) is -0.878. The average molecular weight is 215 g/mol. The van der Waals surface area contributed by atoms with Crippen molar-refractivity contribution >= 4 is 5.69 Å². The molecule has 4 N–H and O–H groups in total. The topological polar surface area (TPSA) is 72.7 Å².